The summed E-state index contributed by atoms with van der Waals surface area (Å²) in [5.74, 6) is 0.137. The third-order valence-electron chi connectivity index (χ3n) is 4.06. The second-order valence-corrected chi connectivity index (χ2v) is 7.01. The van der Waals surface area contributed by atoms with Crippen LogP contribution in [0.3, 0.4) is 0 Å². The van der Waals surface area contributed by atoms with Crippen LogP contribution in [0, 0.1) is 5.82 Å². The quantitative estimate of drug-likeness (QED) is 0.374. The number of rotatable bonds is 7. The molecule has 0 aliphatic carbocycles. The first kappa shape index (κ1) is 19.8. The number of aromatic nitrogens is 3. The fourth-order valence-corrected chi connectivity index (χ4v) is 3.32. The molecular weight excluding hydrogens is 377 g/mol. The first-order chi connectivity index (χ1) is 13.6. The number of hydrogen-bond donors (Lipinski definition) is 1. The summed E-state index contributed by atoms with van der Waals surface area (Å²) in [7, 11) is 1.90. The molecule has 0 radical (unpaired) electrons. The Kier molecular flexibility index (Phi) is 6.54. The fourth-order valence-electron chi connectivity index (χ4n) is 2.48. The standard InChI is InChI=1S/C20H20FN5OS/c1-3-18(15-8-10-17(21)11-9-15)23-24-19(27)16-6-4-14(5-7-16)12-28-20-25-22-13-26(20)2/h4-11,13H,3,12H2,1-2H3,(H,24,27)/b23-18+. The van der Waals surface area contributed by atoms with Crippen LogP contribution in [0.2, 0.25) is 0 Å². The van der Waals surface area contributed by atoms with E-state index in [-0.39, 0.29) is 11.7 Å². The van der Waals surface area contributed by atoms with Gasteiger partial charge in [0.25, 0.3) is 5.91 Å². The molecule has 8 heteroatoms. The van der Waals surface area contributed by atoms with Gasteiger partial charge in [0.2, 0.25) is 0 Å². The highest BCUT2D eigenvalue weighted by Gasteiger charge is 2.08. The molecule has 0 saturated carbocycles. The van der Waals surface area contributed by atoms with Crippen LogP contribution in [0.4, 0.5) is 4.39 Å². The lowest BCUT2D eigenvalue weighted by atomic mass is 10.1. The zero-order valence-corrected chi connectivity index (χ0v) is 16.4. The summed E-state index contributed by atoms with van der Waals surface area (Å²) in [4.78, 5) is 12.3. The number of nitrogens with one attached hydrogen (secondary N) is 1. The molecule has 28 heavy (non-hydrogen) atoms. The number of hydrogen-bond acceptors (Lipinski definition) is 5. The average Bonchev–Trinajstić information content (AvgIpc) is 3.13. The molecule has 3 aromatic rings. The molecule has 144 valence electrons. The Morgan fingerprint density at radius 1 is 1.14 bits per heavy atom. The molecule has 0 aliphatic heterocycles. The molecule has 0 spiro atoms. The van der Waals surface area contributed by atoms with Crippen molar-refractivity contribution in [2.24, 2.45) is 12.1 Å². The molecule has 2 aromatic carbocycles. The Balaban J connectivity index is 1.60. The van der Waals surface area contributed by atoms with Crippen LogP contribution < -0.4 is 5.43 Å². The molecule has 0 fully saturated rings. The Bertz CT molecular complexity index is 967. The maximum Gasteiger partial charge on any atom is 0.271 e. The van der Waals surface area contributed by atoms with E-state index in [4.69, 9.17) is 0 Å². The number of amides is 1. The molecule has 1 N–H and O–H groups in total. The van der Waals surface area contributed by atoms with Crippen molar-refractivity contribution in [3.63, 3.8) is 0 Å². The molecule has 6 nitrogen and oxygen atoms in total. The number of halogens is 1. The third-order valence-corrected chi connectivity index (χ3v) is 5.16. The van der Waals surface area contributed by atoms with E-state index in [9.17, 15) is 9.18 Å². The van der Waals surface area contributed by atoms with Gasteiger partial charge in [-0.25, -0.2) is 9.82 Å². The predicted molar refractivity (Wildman–Crippen MR) is 108 cm³/mol. The largest absolute Gasteiger partial charge is 0.312 e. The van der Waals surface area contributed by atoms with Crippen molar-refractivity contribution in [1.29, 1.82) is 0 Å². The summed E-state index contributed by atoms with van der Waals surface area (Å²) >= 11 is 1.58. The fraction of sp³-hybridized carbons (Fsp3) is 0.200. The van der Waals surface area contributed by atoms with Crippen LogP contribution in [0.25, 0.3) is 0 Å². The highest BCUT2D eigenvalue weighted by molar-refractivity contribution is 7.98. The molecule has 1 heterocycles. The van der Waals surface area contributed by atoms with Crippen molar-refractivity contribution in [2.45, 2.75) is 24.3 Å². The minimum Gasteiger partial charge on any atom is -0.312 e. The number of carbonyl (C=O) groups is 1. The lowest BCUT2D eigenvalue weighted by Gasteiger charge is -2.06. The monoisotopic (exact) mass is 397 g/mol. The number of benzene rings is 2. The predicted octanol–water partition coefficient (Wildman–Crippen LogP) is 3.79. The normalized spacial score (nSPS) is 11.5. The van der Waals surface area contributed by atoms with Gasteiger partial charge >= 0.3 is 0 Å². The van der Waals surface area contributed by atoms with Crippen LogP contribution in [-0.4, -0.2) is 26.4 Å². The van der Waals surface area contributed by atoms with E-state index < -0.39 is 0 Å². The van der Waals surface area contributed by atoms with Crippen LogP contribution >= 0.6 is 11.8 Å². The van der Waals surface area contributed by atoms with Crippen molar-refractivity contribution in [3.05, 3.63) is 77.4 Å². The van der Waals surface area contributed by atoms with Crippen molar-refractivity contribution < 1.29 is 9.18 Å². The van der Waals surface area contributed by atoms with Gasteiger partial charge in [-0.1, -0.05) is 43.0 Å². The number of nitrogens with zero attached hydrogens (tertiary/aromatic N) is 4. The van der Waals surface area contributed by atoms with E-state index in [1.54, 1.807) is 42.4 Å². The second kappa shape index (κ2) is 9.27. The lowest BCUT2D eigenvalue weighted by molar-refractivity contribution is 0.0955. The number of thioether (sulfide) groups is 1. The third kappa shape index (κ3) is 5.04. The highest BCUT2D eigenvalue weighted by atomic mass is 32.2. The minimum atomic E-state index is -0.305. The number of carbonyl (C=O) groups excluding carboxylic acids is 1. The van der Waals surface area contributed by atoms with Crippen LogP contribution in [0.15, 0.2) is 65.1 Å². The van der Waals surface area contributed by atoms with Gasteiger partial charge in [-0.2, -0.15) is 5.10 Å². The second-order valence-electron chi connectivity index (χ2n) is 6.07. The van der Waals surface area contributed by atoms with Gasteiger partial charge in [-0.05, 0) is 41.8 Å². The molecule has 0 unspecified atom stereocenters. The van der Waals surface area contributed by atoms with Crippen molar-refractivity contribution in [3.8, 4) is 0 Å². The Labute approximate surface area is 166 Å². The first-order valence-corrected chi connectivity index (χ1v) is 9.74. The summed E-state index contributed by atoms with van der Waals surface area (Å²) in [5.41, 5.74) is 5.63. The Hall–Kier alpha value is -3.00. The van der Waals surface area contributed by atoms with E-state index in [0.29, 0.717) is 17.7 Å². The van der Waals surface area contributed by atoms with Crippen LogP contribution in [-0.2, 0) is 12.8 Å². The maximum absolute atomic E-state index is 13.1. The topological polar surface area (TPSA) is 72.2 Å². The smallest absolute Gasteiger partial charge is 0.271 e. The molecule has 3 rings (SSSR count). The summed E-state index contributed by atoms with van der Waals surface area (Å²) < 4.78 is 14.9. The van der Waals surface area contributed by atoms with E-state index in [2.05, 4.69) is 20.7 Å². The SMILES string of the molecule is CC/C(=N\NC(=O)c1ccc(CSc2nncn2C)cc1)c1ccc(F)cc1. The van der Waals surface area contributed by atoms with Crippen molar-refractivity contribution in [2.75, 3.05) is 0 Å². The van der Waals surface area contributed by atoms with E-state index in [0.717, 1.165) is 22.0 Å². The van der Waals surface area contributed by atoms with Gasteiger partial charge in [-0.3, -0.25) is 4.79 Å². The van der Waals surface area contributed by atoms with Crippen molar-refractivity contribution in [1.82, 2.24) is 20.2 Å². The molecule has 0 aliphatic rings. The van der Waals surface area contributed by atoms with Gasteiger partial charge in [0.05, 0.1) is 5.71 Å². The molecule has 1 aromatic heterocycles. The van der Waals surface area contributed by atoms with Gasteiger partial charge < -0.3 is 4.57 Å². The van der Waals surface area contributed by atoms with Crippen LogP contribution in [0.1, 0.15) is 34.8 Å². The highest BCUT2D eigenvalue weighted by Crippen LogP contribution is 2.20. The molecule has 0 atom stereocenters. The van der Waals surface area contributed by atoms with Gasteiger partial charge in [0.1, 0.15) is 12.1 Å². The van der Waals surface area contributed by atoms with Gasteiger partial charge in [-0.15, -0.1) is 10.2 Å². The summed E-state index contributed by atoms with van der Waals surface area (Å²) in [5, 5.41) is 12.9. The van der Waals surface area contributed by atoms with Crippen molar-refractivity contribution >= 4 is 23.4 Å². The zero-order chi connectivity index (χ0) is 19.9. The maximum atomic E-state index is 13.1. The van der Waals surface area contributed by atoms with Gasteiger partial charge in [0, 0.05) is 18.4 Å². The molecular formula is C20H20FN5OS. The van der Waals surface area contributed by atoms with Gasteiger partial charge in [0.15, 0.2) is 5.16 Å². The number of hydrazone groups is 1. The Morgan fingerprint density at radius 2 is 1.82 bits per heavy atom. The average molecular weight is 397 g/mol. The summed E-state index contributed by atoms with van der Waals surface area (Å²) in [6.45, 7) is 1.93. The zero-order valence-electron chi connectivity index (χ0n) is 15.6. The first-order valence-electron chi connectivity index (χ1n) is 8.75. The van der Waals surface area contributed by atoms with Crippen LogP contribution in [0.5, 0.6) is 0 Å². The summed E-state index contributed by atoms with van der Waals surface area (Å²) in [6, 6.07) is 13.4. The Morgan fingerprint density at radius 3 is 2.43 bits per heavy atom. The minimum absolute atomic E-state index is 0.291. The van der Waals surface area contributed by atoms with E-state index in [1.807, 2.05) is 30.7 Å². The molecule has 1 amide bonds. The lowest BCUT2D eigenvalue weighted by Crippen LogP contribution is -2.20. The number of aryl methyl sites for hydroxylation is 1. The molecule has 0 saturated heterocycles. The van der Waals surface area contributed by atoms with E-state index in [1.165, 1.54) is 12.1 Å². The summed E-state index contributed by atoms with van der Waals surface area (Å²) in [6.07, 6.45) is 2.27. The molecule has 0 bridgehead atoms. The van der Waals surface area contributed by atoms with E-state index >= 15 is 0 Å².